The third kappa shape index (κ3) is 4.58. The lowest BCUT2D eigenvalue weighted by atomic mass is 10.2. The molecule has 2 aromatic carbocycles. The number of nitrogens with zero attached hydrogens (tertiary/aromatic N) is 1. The summed E-state index contributed by atoms with van der Waals surface area (Å²) in [4.78, 5) is 49.3. The van der Waals surface area contributed by atoms with E-state index in [1.54, 1.807) is 59.5 Å². The van der Waals surface area contributed by atoms with E-state index in [0.717, 1.165) is 6.42 Å². The van der Waals surface area contributed by atoms with E-state index in [2.05, 4.69) is 5.32 Å². The van der Waals surface area contributed by atoms with Gasteiger partial charge in [0, 0.05) is 24.2 Å². The van der Waals surface area contributed by atoms with Gasteiger partial charge in [-0.3, -0.25) is 19.7 Å². The van der Waals surface area contributed by atoms with Gasteiger partial charge in [-0.25, -0.2) is 4.79 Å². The number of benzene rings is 2. The van der Waals surface area contributed by atoms with E-state index in [4.69, 9.17) is 4.74 Å². The van der Waals surface area contributed by atoms with Crippen LogP contribution in [0.5, 0.6) is 0 Å². The molecule has 1 saturated heterocycles. The summed E-state index contributed by atoms with van der Waals surface area (Å²) in [7, 11) is 0. The predicted molar refractivity (Wildman–Crippen MR) is 97.2 cm³/mol. The molecule has 3 rings (SSSR count). The standard InChI is InChI=1S/C20H18N2O5/c23-17(21-19(25)14-6-2-1-3-7-14)13-27-20(26)15-8-4-9-16(12-15)22-11-5-10-18(22)24/h1-4,6-9,12H,5,10-11,13H2,(H,21,23,25). The number of rotatable bonds is 5. The molecule has 1 heterocycles. The van der Waals surface area contributed by atoms with Gasteiger partial charge in [-0.1, -0.05) is 24.3 Å². The van der Waals surface area contributed by atoms with Gasteiger partial charge in [0.05, 0.1) is 5.56 Å². The van der Waals surface area contributed by atoms with Crippen LogP contribution in [-0.4, -0.2) is 36.8 Å². The maximum Gasteiger partial charge on any atom is 0.338 e. The van der Waals surface area contributed by atoms with E-state index in [9.17, 15) is 19.2 Å². The number of ether oxygens (including phenoxy) is 1. The van der Waals surface area contributed by atoms with Gasteiger partial charge < -0.3 is 9.64 Å². The minimum Gasteiger partial charge on any atom is -0.452 e. The highest BCUT2D eigenvalue weighted by Gasteiger charge is 2.22. The van der Waals surface area contributed by atoms with Crippen molar-refractivity contribution in [3.63, 3.8) is 0 Å². The Hall–Kier alpha value is -3.48. The normalized spacial score (nSPS) is 13.3. The monoisotopic (exact) mass is 366 g/mol. The Morgan fingerprint density at radius 3 is 2.44 bits per heavy atom. The molecule has 7 nitrogen and oxygen atoms in total. The molecule has 0 unspecified atom stereocenters. The van der Waals surface area contributed by atoms with E-state index in [1.807, 2.05) is 0 Å². The second-order valence-corrected chi connectivity index (χ2v) is 6.02. The van der Waals surface area contributed by atoms with E-state index >= 15 is 0 Å². The van der Waals surface area contributed by atoms with Gasteiger partial charge in [0.25, 0.3) is 11.8 Å². The van der Waals surface area contributed by atoms with E-state index in [1.165, 1.54) is 0 Å². The number of esters is 1. The molecule has 7 heteroatoms. The van der Waals surface area contributed by atoms with Crippen LogP contribution in [0.15, 0.2) is 54.6 Å². The SMILES string of the molecule is O=C(COC(=O)c1cccc(N2CCCC2=O)c1)NC(=O)c1ccccc1. The van der Waals surface area contributed by atoms with Crippen LogP contribution in [0.3, 0.4) is 0 Å². The zero-order valence-corrected chi connectivity index (χ0v) is 14.5. The Labute approximate surface area is 155 Å². The Balaban J connectivity index is 1.55. The molecular formula is C20H18N2O5. The van der Waals surface area contributed by atoms with Gasteiger partial charge in [0.2, 0.25) is 5.91 Å². The fourth-order valence-corrected chi connectivity index (χ4v) is 2.76. The molecule has 0 atom stereocenters. The number of amides is 3. The Bertz CT molecular complexity index is 879. The molecule has 1 N–H and O–H groups in total. The lowest BCUT2D eigenvalue weighted by Gasteiger charge is -2.16. The van der Waals surface area contributed by atoms with Crippen molar-refractivity contribution in [1.29, 1.82) is 0 Å². The van der Waals surface area contributed by atoms with Gasteiger partial charge >= 0.3 is 5.97 Å². The van der Waals surface area contributed by atoms with Crippen molar-refractivity contribution in [2.45, 2.75) is 12.8 Å². The first-order valence-corrected chi connectivity index (χ1v) is 8.51. The lowest BCUT2D eigenvalue weighted by molar-refractivity contribution is -0.123. The summed E-state index contributed by atoms with van der Waals surface area (Å²) < 4.78 is 4.96. The molecule has 0 aromatic heterocycles. The highest BCUT2D eigenvalue weighted by atomic mass is 16.5. The molecule has 1 aliphatic heterocycles. The van der Waals surface area contributed by atoms with Gasteiger partial charge in [-0.2, -0.15) is 0 Å². The zero-order valence-electron chi connectivity index (χ0n) is 14.5. The van der Waals surface area contributed by atoms with Crippen LogP contribution in [0.25, 0.3) is 0 Å². The van der Waals surface area contributed by atoms with Gasteiger partial charge in [-0.05, 0) is 36.8 Å². The first-order valence-electron chi connectivity index (χ1n) is 8.51. The number of imide groups is 1. The highest BCUT2D eigenvalue weighted by Crippen LogP contribution is 2.22. The molecular weight excluding hydrogens is 348 g/mol. The Morgan fingerprint density at radius 2 is 1.74 bits per heavy atom. The molecule has 0 aliphatic carbocycles. The molecule has 0 bridgehead atoms. The van der Waals surface area contributed by atoms with Gasteiger partial charge in [0.15, 0.2) is 6.61 Å². The van der Waals surface area contributed by atoms with Crippen LogP contribution in [0.1, 0.15) is 33.6 Å². The quantitative estimate of drug-likeness (QED) is 0.816. The smallest absolute Gasteiger partial charge is 0.338 e. The number of carbonyl (C=O) groups is 4. The second kappa shape index (κ2) is 8.27. The molecule has 0 spiro atoms. The molecule has 0 radical (unpaired) electrons. The van der Waals surface area contributed by atoms with Crippen LogP contribution in [0, 0.1) is 0 Å². The Kier molecular flexibility index (Phi) is 5.61. The minimum absolute atomic E-state index is 0.0133. The molecule has 27 heavy (non-hydrogen) atoms. The van der Waals surface area contributed by atoms with E-state index in [0.29, 0.717) is 24.2 Å². The van der Waals surface area contributed by atoms with Crippen molar-refractivity contribution in [1.82, 2.24) is 5.32 Å². The first-order chi connectivity index (χ1) is 13.0. The summed E-state index contributed by atoms with van der Waals surface area (Å²) in [6.45, 7) is 0.0334. The molecule has 0 saturated carbocycles. The zero-order chi connectivity index (χ0) is 19.2. The fourth-order valence-electron chi connectivity index (χ4n) is 2.76. The molecule has 1 fully saturated rings. The molecule has 1 aliphatic rings. The first kappa shape index (κ1) is 18.3. The third-order valence-electron chi connectivity index (χ3n) is 4.09. The average molecular weight is 366 g/mol. The number of anilines is 1. The van der Waals surface area contributed by atoms with Gasteiger partial charge in [0.1, 0.15) is 0 Å². The van der Waals surface area contributed by atoms with Crippen LogP contribution in [0.2, 0.25) is 0 Å². The van der Waals surface area contributed by atoms with Crippen molar-refractivity contribution in [3.05, 3.63) is 65.7 Å². The number of hydrogen-bond acceptors (Lipinski definition) is 5. The summed E-state index contributed by atoms with van der Waals surface area (Å²) in [5.74, 6) is -1.97. The number of nitrogens with one attached hydrogen (secondary N) is 1. The number of hydrogen-bond donors (Lipinski definition) is 1. The van der Waals surface area contributed by atoms with Crippen LogP contribution < -0.4 is 10.2 Å². The number of carbonyl (C=O) groups excluding carboxylic acids is 4. The average Bonchev–Trinajstić information content (AvgIpc) is 3.13. The third-order valence-corrected chi connectivity index (χ3v) is 4.09. The second-order valence-electron chi connectivity index (χ2n) is 6.02. The fraction of sp³-hybridized carbons (Fsp3) is 0.200. The maximum atomic E-state index is 12.2. The van der Waals surface area contributed by atoms with E-state index in [-0.39, 0.29) is 11.5 Å². The highest BCUT2D eigenvalue weighted by molar-refractivity contribution is 6.05. The summed E-state index contributed by atoms with van der Waals surface area (Å²) >= 11 is 0. The lowest BCUT2D eigenvalue weighted by Crippen LogP contribution is -2.34. The van der Waals surface area contributed by atoms with Crippen molar-refractivity contribution in [2.75, 3.05) is 18.1 Å². The summed E-state index contributed by atoms with van der Waals surface area (Å²) in [6.07, 6.45) is 1.27. The molecule has 3 amide bonds. The predicted octanol–water partition coefficient (Wildman–Crippen LogP) is 1.93. The maximum absolute atomic E-state index is 12.2. The van der Waals surface area contributed by atoms with E-state index < -0.39 is 24.4 Å². The summed E-state index contributed by atoms with van der Waals surface area (Å²) in [5, 5.41) is 2.16. The van der Waals surface area contributed by atoms with Crippen LogP contribution in [0.4, 0.5) is 5.69 Å². The molecule has 2 aromatic rings. The topological polar surface area (TPSA) is 92.8 Å². The van der Waals surface area contributed by atoms with Crippen LogP contribution in [-0.2, 0) is 14.3 Å². The van der Waals surface area contributed by atoms with Crippen molar-refractivity contribution in [3.8, 4) is 0 Å². The summed E-state index contributed by atoms with van der Waals surface area (Å²) in [5.41, 5.74) is 1.19. The minimum atomic E-state index is -0.719. The molecule has 138 valence electrons. The Morgan fingerprint density at radius 1 is 1.00 bits per heavy atom. The van der Waals surface area contributed by atoms with Crippen molar-refractivity contribution in [2.24, 2.45) is 0 Å². The largest absolute Gasteiger partial charge is 0.452 e. The van der Waals surface area contributed by atoms with Gasteiger partial charge in [-0.15, -0.1) is 0 Å². The van der Waals surface area contributed by atoms with Crippen molar-refractivity contribution >= 4 is 29.4 Å². The summed E-state index contributed by atoms with van der Waals surface area (Å²) in [6, 6.07) is 14.7. The van der Waals surface area contributed by atoms with Crippen molar-refractivity contribution < 1.29 is 23.9 Å². The van der Waals surface area contributed by atoms with Crippen LogP contribution >= 0.6 is 0 Å².